The molecule has 0 amide bonds. The van der Waals surface area contributed by atoms with Gasteiger partial charge in [-0.05, 0) is 33.0 Å². The molecule has 0 aliphatic carbocycles. The number of ether oxygens (including phenoxy) is 1. The molecule has 3 nitrogen and oxygen atoms in total. The highest BCUT2D eigenvalue weighted by molar-refractivity contribution is 5.13. The van der Waals surface area contributed by atoms with Gasteiger partial charge in [-0.15, -0.1) is 0 Å². The maximum atomic E-state index is 8.00. The summed E-state index contributed by atoms with van der Waals surface area (Å²) in [6.45, 7) is 18.8. The van der Waals surface area contributed by atoms with Crippen LogP contribution in [0.15, 0.2) is 30.3 Å². The Morgan fingerprint density at radius 2 is 1.42 bits per heavy atom. The third-order valence-electron chi connectivity index (χ3n) is 3.03. The Labute approximate surface area is 152 Å². The van der Waals surface area contributed by atoms with Gasteiger partial charge in [-0.3, -0.25) is 0 Å². The summed E-state index contributed by atoms with van der Waals surface area (Å²) in [5, 5.41) is 0. The quantitative estimate of drug-likeness (QED) is 0.675. The summed E-state index contributed by atoms with van der Waals surface area (Å²) >= 11 is 0. The first-order valence-electron chi connectivity index (χ1n) is 9.05. The standard InChI is InChI=1S/C8H10O.C6H15N.C4H10.C2H6.CH2O/c1-9-7-8-5-3-2-4-6-8;1-5-7(4)6(2)3;1-3-4-2;2*1-2/h2-6H,7H2,1H3;6H,5H2,1-4H3;3-4H2,1-2H3;1-2H3;1H2. The topological polar surface area (TPSA) is 29.5 Å². The van der Waals surface area contributed by atoms with Gasteiger partial charge in [-0.25, -0.2) is 0 Å². The van der Waals surface area contributed by atoms with E-state index in [0.29, 0.717) is 12.6 Å². The zero-order chi connectivity index (χ0) is 19.8. The lowest BCUT2D eigenvalue weighted by Gasteiger charge is -2.17. The number of rotatable bonds is 5. The molecule has 144 valence electrons. The average Bonchev–Trinajstić information content (AvgIpc) is 2.66. The van der Waals surface area contributed by atoms with Crippen molar-refractivity contribution in [2.75, 3.05) is 20.7 Å². The molecule has 0 saturated heterocycles. The molecule has 0 N–H and O–H groups in total. The van der Waals surface area contributed by atoms with E-state index in [-0.39, 0.29) is 0 Å². The van der Waals surface area contributed by atoms with Crippen LogP contribution in [-0.2, 0) is 16.1 Å². The van der Waals surface area contributed by atoms with Gasteiger partial charge in [0, 0.05) is 13.2 Å². The van der Waals surface area contributed by atoms with Crippen molar-refractivity contribution in [1.82, 2.24) is 4.90 Å². The Morgan fingerprint density at radius 1 is 1.00 bits per heavy atom. The SMILES string of the molecule is C=O.CC.CCCC.CCN(C)C(C)C.COCc1ccccc1. The first-order chi connectivity index (χ1) is 11.5. The summed E-state index contributed by atoms with van der Waals surface area (Å²) in [6.07, 6.45) is 2.64. The van der Waals surface area contributed by atoms with Crippen LogP contribution in [0.1, 0.15) is 66.9 Å². The number of benzene rings is 1. The molecular weight excluding hydrogens is 298 g/mol. The summed E-state index contributed by atoms with van der Waals surface area (Å²) in [4.78, 5) is 10.3. The first-order valence-corrected chi connectivity index (χ1v) is 9.05. The molecule has 0 radical (unpaired) electrons. The highest BCUT2D eigenvalue weighted by Crippen LogP contribution is 1.98. The number of hydrogen-bond acceptors (Lipinski definition) is 3. The van der Waals surface area contributed by atoms with E-state index >= 15 is 0 Å². The fraction of sp³-hybridized carbons (Fsp3) is 0.667. The van der Waals surface area contributed by atoms with Gasteiger partial charge in [0.25, 0.3) is 0 Å². The van der Waals surface area contributed by atoms with Crippen LogP contribution in [0, 0.1) is 0 Å². The Morgan fingerprint density at radius 3 is 1.62 bits per heavy atom. The van der Waals surface area contributed by atoms with Crippen molar-refractivity contribution in [2.24, 2.45) is 0 Å². The van der Waals surface area contributed by atoms with Crippen molar-refractivity contribution in [3.05, 3.63) is 35.9 Å². The second-order valence-corrected chi connectivity index (χ2v) is 5.09. The van der Waals surface area contributed by atoms with Crippen LogP contribution < -0.4 is 0 Å². The van der Waals surface area contributed by atoms with Gasteiger partial charge < -0.3 is 14.4 Å². The molecule has 0 aliphatic rings. The van der Waals surface area contributed by atoms with Gasteiger partial charge in [0.1, 0.15) is 6.79 Å². The van der Waals surface area contributed by atoms with Crippen molar-refractivity contribution < 1.29 is 9.53 Å². The van der Waals surface area contributed by atoms with E-state index < -0.39 is 0 Å². The zero-order valence-electron chi connectivity index (χ0n) is 17.8. The fourth-order valence-electron chi connectivity index (χ4n) is 1.11. The molecule has 1 rings (SSSR count). The number of unbranched alkanes of at least 4 members (excludes halogenated alkanes) is 1. The smallest absolute Gasteiger partial charge is 0.106 e. The van der Waals surface area contributed by atoms with Gasteiger partial charge in [0.2, 0.25) is 0 Å². The summed E-state index contributed by atoms with van der Waals surface area (Å²) in [7, 11) is 3.83. The Kier molecular flexibility index (Phi) is 38.0. The molecule has 0 spiro atoms. The van der Waals surface area contributed by atoms with Gasteiger partial charge in [-0.2, -0.15) is 0 Å². The molecule has 24 heavy (non-hydrogen) atoms. The third kappa shape index (κ3) is 28.9. The van der Waals surface area contributed by atoms with Crippen LogP contribution in [0.3, 0.4) is 0 Å². The van der Waals surface area contributed by atoms with Gasteiger partial charge in [-0.1, -0.05) is 77.8 Å². The zero-order valence-corrected chi connectivity index (χ0v) is 17.8. The lowest BCUT2D eigenvalue weighted by Crippen LogP contribution is -2.25. The van der Waals surface area contributed by atoms with Crippen LogP contribution in [-0.4, -0.2) is 38.4 Å². The van der Waals surface area contributed by atoms with E-state index in [1.807, 2.05) is 51.0 Å². The predicted octanol–water partition coefficient (Wildman–Crippen LogP) is 5.83. The maximum absolute atomic E-state index is 8.00. The van der Waals surface area contributed by atoms with E-state index in [4.69, 9.17) is 9.53 Å². The predicted molar refractivity (Wildman–Crippen MR) is 110 cm³/mol. The molecule has 3 heteroatoms. The lowest BCUT2D eigenvalue weighted by molar-refractivity contribution is -0.0979. The monoisotopic (exact) mass is 341 g/mol. The molecular formula is C21H43NO2. The number of methoxy groups -OCH3 is 1. The van der Waals surface area contributed by atoms with Crippen molar-refractivity contribution in [3.63, 3.8) is 0 Å². The first kappa shape index (κ1) is 30.7. The second kappa shape index (κ2) is 29.8. The molecule has 0 fully saturated rings. The molecule has 1 aromatic rings. The number of nitrogens with zero attached hydrogens (tertiary/aromatic N) is 1. The normalized spacial score (nSPS) is 8.46. The number of carbonyl (C=O) groups excluding carboxylic acids is 1. The molecule has 1 aromatic carbocycles. The lowest BCUT2D eigenvalue weighted by atomic mass is 10.2. The highest BCUT2D eigenvalue weighted by atomic mass is 16.5. The summed E-state index contributed by atoms with van der Waals surface area (Å²) < 4.78 is 4.93. The van der Waals surface area contributed by atoms with Crippen molar-refractivity contribution in [1.29, 1.82) is 0 Å². The summed E-state index contributed by atoms with van der Waals surface area (Å²) in [5.41, 5.74) is 1.22. The Balaban J connectivity index is -0.000000119. The van der Waals surface area contributed by atoms with Crippen molar-refractivity contribution in [3.8, 4) is 0 Å². The largest absolute Gasteiger partial charge is 0.380 e. The van der Waals surface area contributed by atoms with Crippen molar-refractivity contribution >= 4 is 6.79 Å². The Hall–Kier alpha value is -1.19. The molecule has 0 aromatic heterocycles. The fourth-order valence-corrected chi connectivity index (χ4v) is 1.11. The summed E-state index contributed by atoms with van der Waals surface area (Å²) in [6, 6.07) is 10.8. The molecule has 0 heterocycles. The van der Waals surface area contributed by atoms with Crippen molar-refractivity contribution in [2.45, 2.75) is 74.0 Å². The van der Waals surface area contributed by atoms with Crippen LogP contribution in [0.5, 0.6) is 0 Å². The molecule has 0 bridgehead atoms. The van der Waals surface area contributed by atoms with Crippen LogP contribution in [0.25, 0.3) is 0 Å². The van der Waals surface area contributed by atoms with Gasteiger partial charge in [0.05, 0.1) is 6.61 Å². The van der Waals surface area contributed by atoms with Gasteiger partial charge in [0.15, 0.2) is 0 Å². The molecule has 0 unspecified atom stereocenters. The number of hydrogen-bond donors (Lipinski definition) is 0. The highest BCUT2D eigenvalue weighted by Gasteiger charge is 1.95. The van der Waals surface area contributed by atoms with E-state index in [2.05, 4.69) is 46.6 Å². The molecule has 0 atom stereocenters. The minimum Gasteiger partial charge on any atom is -0.380 e. The van der Waals surface area contributed by atoms with Gasteiger partial charge >= 0.3 is 0 Å². The third-order valence-corrected chi connectivity index (χ3v) is 3.03. The minimum absolute atomic E-state index is 0.699. The van der Waals surface area contributed by atoms with Crippen LogP contribution in [0.2, 0.25) is 0 Å². The van der Waals surface area contributed by atoms with E-state index in [9.17, 15) is 0 Å². The minimum atomic E-state index is 0.699. The average molecular weight is 342 g/mol. The summed E-state index contributed by atoms with van der Waals surface area (Å²) in [5.74, 6) is 0. The van der Waals surface area contributed by atoms with E-state index in [0.717, 1.165) is 6.54 Å². The second-order valence-electron chi connectivity index (χ2n) is 5.09. The van der Waals surface area contributed by atoms with E-state index in [1.165, 1.54) is 18.4 Å². The molecule has 0 saturated carbocycles. The van der Waals surface area contributed by atoms with E-state index in [1.54, 1.807) is 7.11 Å². The maximum Gasteiger partial charge on any atom is 0.106 e. The van der Waals surface area contributed by atoms with Crippen LogP contribution >= 0.6 is 0 Å². The number of carbonyl (C=O) groups is 1. The Bertz CT molecular complexity index is 287. The van der Waals surface area contributed by atoms with Crippen LogP contribution in [0.4, 0.5) is 0 Å². The molecule has 0 aliphatic heterocycles.